The number of nitrogens with one attached hydrogen (secondary N) is 1. The van der Waals surface area contributed by atoms with Crippen molar-refractivity contribution in [1.29, 1.82) is 0 Å². The van der Waals surface area contributed by atoms with E-state index in [1.807, 2.05) is 36.5 Å². The smallest absolute Gasteiger partial charge is 0.273 e. The van der Waals surface area contributed by atoms with Gasteiger partial charge in [0, 0.05) is 30.3 Å². The lowest BCUT2D eigenvalue weighted by atomic mass is 10.2. The van der Waals surface area contributed by atoms with E-state index in [1.54, 1.807) is 16.9 Å². The van der Waals surface area contributed by atoms with Crippen molar-refractivity contribution in [2.24, 2.45) is 0 Å². The van der Waals surface area contributed by atoms with Crippen LogP contribution >= 0.6 is 0 Å². The standard InChI is InChI=1S/C17H16N4O2/c22-17(15-8-16(23-20-15)13-6-7-13)18-9-12-10-19-21(11-12)14-4-2-1-3-5-14/h1-5,8,10-11,13H,6-7,9H2,(H,18,22). The SMILES string of the molecule is O=C(NCc1cnn(-c2ccccc2)c1)c1cc(C2CC2)on1. The second-order valence-electron chi connectivity index (χ2n) is 5.70. The maximum absolute atomic E-state index is 12.1. The molecule has 1 aromatic carbocycles. The van der Waals surface area contributed by atoms with Gasteiger partial charge in [-0.05, 0) is 25.0 Å². The van der Waals surface area contributed by atoms with Crippen molar-refractivity contribution in [1.82, 2.24) is 20.3 Å². The molecular weight excluding hydrogens is 292 g/mol. The van der Waals surface area contributed by atoms with Crippen LogP contribution in [-0.4, -0.2) is 20.8 Å². The Kier molecular flexibility index (Phi) is 3.42. The van der Waals surface area contributed by atoms with Crippen LogP contribution in [-0.2, 0) is 6.54 Å². The molecule has 3 aromatic rings. The number of aromatic nitrogens is 3. The number of hydrogen-bond donors (Lipinski definition) is 1. The molecule has 1 saturated carbocycles. The summed E-state index contributed by atoms with van der Waals surface area (Å²) in [7, 11) is 0. The van der Waals surface area contributed by atoms with Gasteiger partial charge in [-0.2, -0.15) is 5.10 Å². The highest BCUT2D eigenvalue weighted by atomic mass is 16.5. The van der Waals surface area contributed by atoms with Gasteiger partial charge in [-0.25, -0.2) is 4.68 Å². The van der Waals surface area contributed by atoms with Gasteiger partial charge in [-0.15, -0.1) is 0 Å². The maximum atomic E-state index is 12.1. The van der Waals surface area contributed by atoms with Crippen LogP contribution in [0.1, 0.15) is 40.6 Å². The summed E-state index contributed by atoms with van der Waals surface area (Å²) in [5, 5.41) is 11.0. The Morgan fingerprint density at radius 3 is 2.91 bits per heavy atom. The van der Waals surface area contributed by atoms with Crippen LogP contribution in [0.2, 0.25) is 0 Å². The van der Waals surface area contributed by atoms with E-state index in [1.165, 1.54) is 0 Å². The zero-order valence-corrected chi connectivity index (χ0v) is 12.5. The van der Waals surface area contributed by atoms with Gasteiger partial charge in [-0.3, -0.25) is 4.79 Å². The van der Waals surface area contributed by atoms with Crippen LogP contribution in [0.3, 0.4) is 0 Å². The first-order valence-corrected chi connectivity index (χ1v) is 7.63. The average Bonchev–Trinajstić information content (AvgIpc) is 3.14. The van der Waals surface area contributed by atoms with Crippen LogP contribution in [0.15, 0.2) is 53.3 Å². The number of para-hydroxylation sites is 1. The quantitative estimate of drug-likeness (QED) is 0.786. The third-order valence-corrected chi connectivity index (χ3v) is 3.85. The summed E-state index contributed by atoms with van der Waals surface area (Å²) in [4.78, 5) is 12.1. The molecule has 0 unspecified atom stereocenters. The summed E-state index contributed by atoms with van der Waals surface area (Å²) < 4.78 is 6.98. The summed E-state index contributed by atoms with van der Waals surface area (Å²) in [5.74, 6) is 1.04. The van der Waals surface area contributed by atoms with Crippen molar-refractivity contribution < 1.29 is 9.32 Å². The molecule has 1 amide bonds. The molecule has 0 bridgehead atoms. The number of hydrogen-bond acceptors (Lipinski definition) is 4. The molecule has 1 N–H and O–H groups in total. The molecule has 2 aromatic heterocycles. The number of nitrogens with zero attached hydrogens (tertiary/aromatic N) is 3. The number of carbonyl (C=O) groups excluding carboxylic acids is 1. The first-order chi connectivity index (χ1) is 11.3. The Morgan fingerprint density at radius 2 is 2.13 bits per heavy atom. The zero-order chi connectivity index (χ0) is 15.6. The fourth-order valence-electron chi connectivity index (χ4n) is 2.40. The van der Waals surface area contributed by atoms with E-state index in [-0.39, 0.29) is 5.91 Å². The van der Waals surface area contributed by atoms with Gasteiger partial charge in [0.1, 0.15) is 5.76 Å². The van der Waals surface area contributed by atoms with Crippen molar-refractivity contribution in [3.8, 4) is 5.69 Å². The van der Waals surface area contributed by atoms with Crippen LogP contribution in [0.25, 0.3) is 5.69 Å². The lowest BCUT2D eigenvalue weighted by molar-refractivity contribution is 0.0941. The number of carbonyl (C=O) groups is 1. The predicted octanol–water partition coefficient (Wildman–Crippen LogP) is 2.67. The first kappa shape index (κ1) is 13.8. The molecule has 6 heteroatoms. The molecule has 1 aliphatic rings. The van der Waals surface area contributed by atoms with Gasteiger partial charge in [0.15, 0.2) is 5.69 Å². The first-order valence-electron chi connectivity index (χ1n) is 7.63. The molecule has 4 rings (SSSR count). The van der Waals surface area contributed by atoms with E-state index in [0.717, 1.165) is 29.9 Å². The fraction of sp³-hybridized carbons (Fsp3) is 0.235. The minimum absolute atomic E-state index is 0.229. The van der Waals surface area contributed by atoms with Gasteiger partial charge in [0.25, 0.3) is 5.91 Å². The largest absolute Gasteiger partial charge is 0.360 e. The van der Waals surface area contributed by atoms with Gasteiger partial charge < -0.3 is 9.84 Å². The van der Waals surface area contributed by atoms with Crippen LogP contribution in [0, 0.1) is 0 Å². The molecule has 0 saturated heterocycles. The minimum Gasteiger partial charge on any atom is -0.360 e. The number of rotatable bonds is 5. The van der Waals surface area contributed by atoms with E-state index < -0.39 is 0 Å². The van der Waals surface area contributed by atoms with Crippen molar-refractivity contribution in [2.45, 2.75) is 25.3 Å². The Morgan fingerprint density at radius 1 is 1.30 bits per heavy atom. The Balaban J connectivity index is 1.38. The van der Waals surface area contributed by atoms with Crippen molar-refractivity contribution in [3.63, 3.8) is 0 Å². The summed E-state index contributed by atoms with van der Waals surface area (Å²) >= 11 is 0. The Bertz CT molecular complexity index is 818. The second kappa shape index (κ2) is 5.72. The highest BCUT2D eigenvalue weighted by molar-refractivity contribution is 5.92. The molecule has 0 radical (unpaired) electrons. The molecule has 1 aliphatic carbocycles. The topological polar surface area (TPSA) is 73.0 Å². The van der Waals surface area contributed by atoms with Crippen molar-refractivity contribution >= 4 is 5.91 Å². The summed E-state index contributed by atoms with van der Waals surface area (Å²) in [5.41, 5.74) is 2.24. The molecule has 0 spiro atoms. The monoisotopic (exact) mass is 308 g/mol. The summed E-state index contributed by atoms with van der Waals surface area (Å²) in [6.07, 6.45) is 5.88. The van der Waals surface area contributed by atoms with Gasteiger partial charge >= 0.3 is 0 Å². The molecule has 116 valence electrons. The predicted molar refractivity (Wildman–Crippen MR) is 83.2 cm³/mol. The normalized spacial score (nSPS) is 13.9. The summed E-state index contributed by atoms with van der Waals surface area (Å²) in [6.45, 7) is 0.400. The Hall–Kier alpha value is -2.89. The molecule has 1 fully saturated rings. The number of benzene rings is 1. The molecule has 2 heterocycles. The van der Waals surface area contributed by atoms with Crippen LogP contribution in [0.5, 0.6) is 0 Å². The fourth-order valence-corrected chi connectivity index (χ4v) is 2.40. The highest BCUT2D eigenvalue weighted by Crippen LogP contribution is 2.40. The number of amides is 1. The van der Waals surface area contributed by atoms with E-state index in [2.05, 4.69) is 15.6 Å². The van der Waals surface area contributed by atoms with Crippen molar-refractivity contribution in [2.75, 3.05) is 0 Å². The molecular formula is C17H16N4O2. The van der Waals surface area contributed by atoms with Gasteiger partial charge in [-0.1, -0.05) is 23.4 Å². The second-order valence-corrected chi connectivity index (χ2v) is 5.70. The van der Waals surface area contributed by atoms with Gasteiger partial charge in [0.2, 0.25) is 0 Å². The van der Waals surface area contributed by atoms with Gasteiger partial charge in [0.05, 0.1) is 11.9 Å². The highest BCUT2D eigenvalue weighted by Gasteiger charge is 2.28. The van der Waals surface area contributed by atoms with E-state index in [0.29, 0.717) is 18.2 Å². The molecule has 6 nitrogen and oxygen atoms in total. The summed E-state index contributed by atoms with van der Waals surface area (Å²) in [6, 6.07) is 11.6. The van der Waals surface area contributed by atoms with E-state index >= 15 is 0 Å². The van der Waals surface area contributed by atoms with E-state index in [4.69, 9.17) is 4.52 Å². The zero-order valence-electron chi connectivity index (χ0n) is 12.5. The van der Waals surface area contributed by atoms with E-state index in [9.17, 15) is 4.79 Å². The lowest BCUT2D eigenvalue weighted by Gasteiger charge is -2.00. The lowest BCUT2D eigenvalue weighted by Crippen LogP contribution is -2.22. The van der Waals surface area contributed by atoms with Crippen molar-refractivity contribution in [3.05, 3.63) is 65.8 Å². The van der Waals surface area contributed by atoms with Crippen LogP contribution < -0.4 is 5.32 Å². The van der Waals surface area contributed by atoms with Crippen LogP contribution in [0.4, 0.5) is 0 Å². The third kappa shape index (κ3) is 3.01. The third-order valence-electron chi connectivity index (χ3n) is 3.85. The Labute approximate surface area is 133 Å². The minimum atomic E-state index is -0.229. The molecule has 0 atom stereocenters. The molecule has 0 aliphatic heterocycles. The molecule has 23 heavy (non-hydrogen) atoms. The maximum Gasteiger partial charge on any atom is 0.273 e. The average molecular weight is 308 g/mol.